The Labute approximate surface area is 166 Å². The highest BCUT2D eigenvalue weighted by Crippen LogP contribution is 2.44. The Balaban J connectivity index is 1.53. The molecule has 1 atom stereocenters. The SMILES string of the molecule is O=C([C@H]1Cc2cc(Cl)cc(-c3ccnc4ccsc34)c2O1)N1CCCCC1. The summed E-state index contributed by atoms with van der Waals surface area (Å²) in [5, 5.41) is 2.70. The summed E-state index contributed by atoms with van der Waals surface area (Å²) in [7, 11) is 0. The number of carbonyl (C=O) groups excluding carboxylic acids is 1. The van der Waals surface area contributed by atoms with Crippen molar-refractivity contribution in [1.82, 2.24) is 9.88 Å². The molecule has 0 saturated carbocycles. The second kappa shape index (κ2) is 6.80. The van der Waals surface area contributed by atoms with Gasteiger partial charge in [0.2, 0.25) is 0 Å². The number of benzene rings is 1. The molecular weight excluding hydrogens is 380 g/mol. The van der Waals surface area contributed by atoms with Crippen LogP contribution < -0.4 is 4.74 Å². The second-order valence-corrected chi connectivity index (χ2v) is 8.48. The zero-order chi connectivity index (χ0) is 18.4. The minimum atomic E-state index is -0.448. The third-order valence-corrected chi connectivity index (χ3v) is 6.53. The summed E-state index contributed by atoms with van der Waals surface area (Å²) >= 11 is 8.07. The Morgan fingerprint density at radius 1 is 1.19 bits per heavy atom. The third-order valence-electron chi connectivity index (χ3n) is 5.37. The average Bonchev–Trinajstić information content (AvgIpc) is 3.34. The first-order valence-electron chi connectivity index (χ1n) is 9.31. The summed E-state index contributed by atoms with van der Waals surface area (Å²) < 4.78 is 7.33. The highest BCUT2D eigenvalue weighted by atomic mass is 35.5. The fraction of sp³-hybridized carbons (Fsp3) is 0.333. The van der Waals surface area contributed by atoms with Crippen LogP contribution in [0.5, 0.6) is 5.75 Å². The molecule has 0 spiro atoms. The van der Waals surface area contributed by atoms with Gasteiger partial charge in [0.25, 0.3) is 5.91 Å². The molecule has 4 nitrogen and oxygen atoms in total. The van der Waals surface area contributed by atoms with E-state index in [4.69, 9.17) is 16.3 Å². The van der Waals surface area contributed by atoms with Gasteiger partial charge in [-0.3, -0.25) is 9.78 Å². The van der Waals surface area contributed by atoms with Crippen LogP contribution in [0.2, 0.25) is 5.02 Å². The molecule has 0 aliphatic carbocycles. The highest BCUT2D eigenvalue weighted by molar-refractivity contribution is 7.17. The normalized spacial score (nSPS) is 19.1. The molecule has 2 aromatic heterocycles. The van der Waals surface area contributed by atoms with Crippen molar-refractivity contribution in [2.75, 3.05) is 13.1 Å². The zero-order valence-corrected chi connectivity index (χ0v) is 16.4. The van der Waals surface area contributed by atoms with Crippen molar-refractivity contribution in [2.45, 2.75) is 31.8 Å². The Hall–Kier alpha value is -2.11. The monoisotopic (exact) mass is 398 g/mol. The molecule has 6 heteroatoms. The van der Waals surface area contributed by atoms with E-state index in [1.165, 1.54) is 6.42 Å². The first-order valence-corrected chi connectivity index (χ1v) is 10.6. The largest absolute Gasteiger partial charge is 0.479 e. The van der Waals surface area contributed by atoms with Crippen LogP contribution in [0, 0.1) is 0 Å². The Morgan fingerprint density at radius 2 is 2.04 bits per heavy atom. The number of thiophene rings is 1. The van der Waals surface area contributed by atoms with Crippen molar-refractivity contribution >= 4 is 39.1 Å². The van der Waals surface area contributed by atoms with E-state index < -0.39 is 6.10 Å². The molecule has 1 amide bonds. The van der Waals surface area contributed by atoms with Crippen LogP contribution in [0.4, 0.5) is 0 Å². The molecule has 1 fully saturated rings. The van der Waals surface area contributed by atoms with Crippen LogP contribution in [0.25, 0.3) is 21.3 Å². The standard InChI is InChI=1S/C21H19ClN2O2S/c22-14-10-13-11-18(21(25)24-7-2-1-3-8-24)26-19(13)16(12-14)15-4-6-23-17-5-9-27-20(15)17/h4-6,9-10,12,18H,1-3,7-8,11H2/t18-/m1/s1. The van der Waals surface area contributed by atoms with E-state index >= 15 is 0 Å². The maximum atomic E-state index is 12.9. The van der Waals surface area contributed by atoms with Crippen LogP contribution in [-0.4, -0.2) is 35.0 Å². The van der Waals surface area contributed by atoms with E-state index in [2.05, 4.69) is 4.98 Å². The topological polar surface area (TPSA) is 42.4 Å². The molecule has 4 heterocycles. The number of hydrogen-bond acceptors (Lipinski definition) is 4. The van der Waals surface area contributed by atoms with E-state index in [9.17, 15) is 4.79 Å². The van der Waals surface area contributed by atoms with Crippen molar-refractivity contribution in [3.05, 3.63) is 46.4 Å². The molecule has 5 rings (SSSR count). The summed E-state index contributed by atoms with van der Waals surface area (Å²) in [6.45, 7) is 1.67. The highest BCUT2D eigenvalue weighted by Gasteiger charge is 2.35. The van der Waals surface area contributed by atoms with Crippen molar-refractivity contribution < 1.29 is 9.53 Å². The predicted molar refractivity (Wildman–Crippen MR) is 109 cm³/mol. The molecule has 2 aliphatic rings. The fourth-order valence-electron chi connectivity index (χ4n) is 4.07. The number of aromatic nitrogens is 1. The number of amides is 1. The maximum Gasteiger partial charge on any atom is 0.263 e. The first-order chi connectivity index (χ1) is 13.2. The third kappa shape index (κ3) is 2.99. The molecular formula is C21H19ClN2O2S. The van der Waals surface area contributed by atoms with Crippen LogP contribution in [0.15, 0.2) is 35.8 Å². The minimum Gasteiger partial charge on any atom is -0.479 e. The summed E-state index contributed by atoms with van der Waals surface area (Å²) in [4.78, 5) is 19.3. The molecule has 2 aliphatic heterocycles. The van der Waals surface area contributed by atoms with Gasteiger partial charge < -0.3 is 9.64 Å². The van der Waals surface area contributed by atoms with Gasteiger partial charge in [-0.15, -0.1) is 11.3 Å². The summed E-state index contributed by atoms with van der Waals surface area (Å²) in [6.07, 6.45) is 5.30. The fourth-order valence-corrected chi connectivity index (χ4v) is 5.19. The van der Waals surface area contributed by atoms with Crippen molar-refractivity contribution in [3.63, 3.8) is 0 Å². The number of halogens is 1. The van der Waals surface area contributed by atoms with Gasteiger partial charge in [0.1, 0.15) is 5.75 Å². The van der Waals surface area contributed by atoms with E-state index in [0.717, 1.165) is 58.6 Å². The lowest BCUT2D eigenvalue weighted by Crippen LogP contribution is -2.43. The van der Waals surface area contributed by atoms with Crippen molar-refractivity contribution in [3.8, 4) is 16.9 Å². The average molecular weight is 399 g/mol. The number of fused-ring (bicyclic) bond motifs is 2. The first kappa shape index (κ1) is 17.0. The molecule has 27 heavy (non-hydrogen) atoms. The smallest absolute Gasteiger partial charge is 0.263 e. The zero-order valence-electron chi connectivity index (χ0n) is 14.8. The number of rotatable bonds is 2. The molecule has 0 bridgehead atoms. The number of carbonyl (C=O) groups is 1. The quantitative estimate of drug-likeness (QED) is 0.614. The Morgan fingerprint density at radius 3 is 2.89 bits per heavy atom. The summed E-state index contributed by atoms with van der Waals surface area (Å²) in [6, 6.07) is 7.87. The number of pyridine rings is 1. The second-order valence-electron chi connectivity index (χ2n) is 7.13. The number of ether oxygens (including phenoxy) is 1. The lowest BCUT2D eigenvalue weighted by atomic mass is 10.0. The van der Waals surface area contributed by atoms with Crippen LogP contribution >= 0.6 is 22.9 Å². The summed E-state index contributed by atoms with van der Waals surface area (Å²) in [5.74, 6) is 0.889. The van der Waals surface area contributed by atoms with Crippen LogP contribution in [0.3, 0.4) is 0 Å². The lowest BCUT2D eigenvalue weighted by molar-refractivity contribution is -0.138. The molecule has 0 unspecified atom stereocenters. The van der Waals surface area contributed by atoms with Gasteiger partial charge >= 0.3 is 0 Å². The van der Waals surface area contributed by atoms with Gasteiger partial charge in [0.15, 0.2) is 6.10 Å². The maximum absolute atomic E-state index is 12.9. The van der Waals surface area contributed by atoms with E-state index in [1.807, 2.05) is 40.7 Å². The number of piperidine rings is 1. The number of nitrogens with zero attached hydrogens (tertiary/aromatic N) is 2. The minimum absolute atomic E-state index is 0.101. The van der Waals surface area contributed by atoms with E-state index in [0.29, 0.717) is 11.4 Å². The van der Waals surface area contributed by atoms with Crippen molar-refractivity contribution in [2.24, 2.45) is 0 Å². The molecule has 3 aromatic rings. The summed E-state index contributed by atoms with van der Waals surface area (Å²) in [5.41, 5.74) is 3.97. The van der Waals surface area contributed by atoms with Crippen molar-refractivity contribution in [1.29, 1.82) is 0 Å². The number of hydrogen-bond donors (Lipinski definition) is 0. The molecule has 1 saturated heterocycles. The van der Waals surface area contributed by atoms with Gasteiger partial charge in [-0.2, -0.15) is 0 Å². The van der Waals surface area contributed by atoms with Crippen LogP contribution in [0.1, 0.15) is 24.8 Å². The van der Waals surface area contributed by atoms with Gasteiger partial charge in [-0.25, -0.2) is 0 Å². The Bertz CT molecular complexity index is 1030. The van der Waals surface area contributed by atoms with Gasteiger partial charge in [-0.05, 0) is 48.9 Å². The van der Waals surface area contributed by atoms with E-state index in [-0.39, 0.29) is 5.91 Å². The van der Waals surface area contributed by atoms with Gasteiger partial charge in [-0.1, -0.05) is 11.6 Å². The molecule has 0 N–H and O–H groups in total. The predicted octanol–water partition coefficient (Wildman–Crippen LogP) is 4.93. The molecule has 0 radical (unpaired) electrons. The Kier molecular flexibility index (Phi) is 4.29. The van der Waals surface area contributed by atoms with Gasteiger partial charge in [0.05, 0.1) is 10.2 Å². The van der Waals surface area contributed by atoms with Gasteiger partial charge in [0, 0.05) is 47.4 Å². The number of likely N-dealkylation sites (tertiary alicyclic amines) is 1. The lowest BCUT2D eigenvalue weighted by Gasteiger charge is -2.28. The molecule has 138 valence electrons. The van der Waals surface area contributed by atoms with E-state index in [1.54, 1.807) is 11.3 Å². The van der Waals surface area contributed by atoms with Crippen LogP contribution in [-0.2, 0) is 11.2 Å². The molecule has 1 aromatic carbocycles.